The van der Waals surface area contributed by atoms with Crippen molar-refractivity contribution >= 4 is 29.2 Å². The normalized spacial score (nSPS) is 11.8. The van der Waals surface area contributed by atoms with Gasteiger partial charge in [0.1, 0.15) is 6.04 Å². The van der Waals surface area contributed by atoms with E-state index in [1.165, 1.54) is 14.0 Å². The topological polar surface area (TPSA) is 81.4 Å². The Bertz CT molecular complexity index is 480. The maximum Gasteiger partial charge on any atom is 0.328 e. The number of halogens is 1. The molecule has 3 N–H and O–H groups in total. The van der Waals surface area contributed by atoms with Gasteiger partial charge in [0.15, 0.2) is 0 Å². The number of ether oxygens (including phenoxy) is 1. The van der Waals surface area contributed by atoms with E-state index in [0.717, 1.165) is 11.1 Å². The summed E-state index contributed by atoms with van der Waals surface area (Å²) < 4.78 is 4.66. The average molecular weight is 285 g/mol. The molecule has 0 unspecified atom stereocenters. The molecule has 0 aliphatic rings. The third kappa shape index (κ3) is 4.13. The van der Waals surface area contributed by atoms with Crippen LogP contribution in [0.2, 0.25) is 5.02 Å². The van der Waals surface area contributed by atoms with Crippen molar-refractivity contribution in [3.05, 3.63) is 28.3 Å². The highest BCUT2D eigenvalue weighted by molar-refractivity contribution is 6.33. The predicted octanol–water partition coefficient (Wildman–Crippen LogP) is 1.45. The fourth-order valence-electron chi connectivity index (χ4n) is 1.76. The van der Waals surface area contributed by atoms with E-state index in [0.29, 0.717) is 17.1 Å². The Morgan fingerprint density at radius 1 is 1.47 bits per heavy atom. The summed E-state index contributed by atoms with van der Waals surface area (Å²) in [5.41, 5.74) is 7.90. The molecule has 0 heterocycles. The predicted molar refractivity (Wildman–Crippen MR) is 73.9 cm³/mol. The smallest absolute Gasteiger partial charge is 0.328 e. The molecule has 1 amide bonds. The van der Waals surface area contributed by atoms with Gasteiger partial charge >= 0.3 is 5.97 Å². The summed E-state index contributed by atoms with van der Waals surface area (Å²) in [5, 5.41) is 2.98. The van der Waals surface area contributed by atoms with Crippen molar-refractivity contribution in [1.29, 1.82) is 0 Å². The van der Waals surface area contributed by atoms with Crippen LogP contribution in [-0.2, 0) is 20.7 Å². The fraction of sp³-hybridized carbons (Fsp3) is 0.385. The summed E-state index contributed by atoms with van der Waals surface area (Å²) in [6.07, 6.45) is 0.299. The molecule has 6 heteroatoms. The maximum absolute atomic E-state index is 11.6. The number of hydrogen-bond donors (Lipinski definition) is 2. The number of rotatable bonds is 4. The molecule has 1 aromatic carbocycles. The number of benzene rings is 1. The van der Waals surface area contributed by atoms with E-state index >= 15 is 0 Å². The fourth-order valence-corrected chi connectivity index (χ4v) is 2.05. The van der Waals surface area contributed by atoms with Gasteiger partial charge in [-0.15, -0.1) is 0 Å². The second kappa shape index (κ2) is 6.43. The molecule has 19 heavy (non-hydrogen) atoms. The largest absolute Gasteiger partial charge is 0.467 e. The molecule has 104 valence electrons. The van der Waals surface area contributed by atoms with Crippen molar-refractivity contribution in [3.63, 3.8) is 0 Å². The van der Waals surface area contributed by atoms with E-state index in [1.54, 1.807) is 6.07 Å². The van der Waals surface area contributed by atoms with E-state index in [1.807, 2.05) is 13.0 Å². The monoisotopic (exact) mass is 284 g/mol. The number of aryl methyl sites for hydroxylation is 1. The van der Waals surface area contributed by atoms with Gasteiger partial charge in [-0.2, -0.15) is 0 Å². The minimum Gasteiger partial charge on any atom is -0.467 e. The van der Waals surface area contributed by atoms with Crippen LogP contribution in [0.4, 0.5) is 5.69 Å². The quantitative estimate of drug-likeness (QED) is 0.648. The molecule has 0 saturated heterocycles. The lowest BCUT2D eigenvalue weighted by Gasteiger charge is -2.16. The summed E-state index contributed by atoms with van der Waals surface area (Å²) in [6, 6.07) is 2.78. The SMILES string of the molecule is COC(=O)[C@@H](Cc1cc(C)c(N)c(Cl)c1)NC(C)=O. The van der Waals surface area contributed by atoms with Crippen molar-refractivity contribution in [2.75, 3.05) is 12.8 Å². The van der Waals surface area contributed by atoms with Gasteiger partial charge in [0, 0.05) is 13.3 Å². The van der Waals surface area contributed by atoms with Gasteiger partial charge in [0.2, 0.25) is 5.91 Å². The van der Waals surface area contributed by atoms with E-state index in [9.17, 15) is 9.59 Å². The number of anilines is 1. The van der Waals surface area contributed by atoms with Crippen LogP contribution < -0.4 is 11.1 Å². The summed E-state index contributed by atoms with van der Waals surface area (Å²) >= 11 is 5.99. The Morgan fingerprint density at radius 2 is 2.11 bits per heavy atom. The van der Waals surface area contributed by atoms with E-state index in [4.69, 9.17) is 17.3 Å². The molecule has 0 saturated carbocycles. The zero-order valence-electron chi connectivity index (χ0n) is 11.1. The van der Waals surface area contributed by atoms with Gasteiger partial charge in [0.25, 0.3) is 0 Å². The number of amides is 1. The number of nitrogens with one attached hydrogen (secondary N) is 1. The number of carbonyl (C=O) groups excluding carboxylic acids is 2. The van der Waals surface area contributed by atoms with Crippen LogP contribution in [0.3, 0.4) is 0 Å². The highest BCUT2D eigenvalue weighted by atomic mass is 35.5. The first kappa shape index (κ1) is 15.3. The summed E-state index contributed by atoms with van der Waals surface area (Å²) in [6.45, 7) is 3.17. The Kier molecular flexibility index (Phi) is 5.18. The van der Waals surface area contributed by atoms with Crippen molar-refractivity contribution in [1.82, 2.24) is 5.32 Å². The van der Waals surface area contributed by atoms with Gasteiger partial charge in [-0.25, -0.2) is 4.79 Å². The molecular weight excluding hydrogens is 268 g/mol. The van der Waals surface area contributed by atoms with Gasteiger partial charge < -0.3 is 15.8 Å². The third-order valence-corrected chi connectivity index (χ3v) is 3.01. The molecular formula is C13H17ClN2O3. The third-order valence-electron chi connectivity index (χ3n) is 2.70. The number of carbonyl (C=O) groups is 2. The molecule has 0 fully saturated rings. The van der Waals surface area contributed by atoms with E-state index < -0.39 is 12.0 Å². The van der Waals surface area contributed by atoms with Gasteiger partial charge in [-0.1, -0.05) is 17.7 Å². The van der Waals surface area contributed by atoms with E-state index in [2.05, 4.69) is 10.1 Å². The van der Waals surface area contributed by atoms with Gasteiger partial charge in [-0.05, 0) is 24.1 Å². The standard InChI is InChI=1S/C13H17ClN2O3/c1-7-4-9(5-10(14)12(7)15)6-11(13(18)19-3)16-8(2)17/h4-5,11H,6,15H2,1-3H3,(H,16,17)/t11-/m1/s1. The number of methoxy groups -OCH3 is 1. The minimum atomic E-state index is -0.735. The van der Waals surface area contributed by atoms with Crippen molar-refractivity contribution < 1.29 is 14.3 Å². The van der Waals surface area contributed by atoms with E-state index in [-0.39, 0.29) is 5.91 Å². The van der Waals surface area contributed by atoms with Crippen molar-refractivity contribution in [3.8, 4) is 0 Å². The highest BCUT2D eigenvalue weighted by Gasteiger charge is 2.21. The first-order chi connectivity index (χ1) is 8.85. The lowest BCUT2D eigenvalue weighted by molar-refractivity contribution is -0.144. The van der Waals surface area contributed by atoms with Gasteiger partial charge in [0.05, 0.1) is 17.8 Å². The molecule has 0 aromatic heterocycles. The molecule has 0 aliphatic heterocycles. The van der Waals surface area contributed by atoms with Crippen LogP contribution in [0.1, 0.15) is 18.1 Å². The number of nitrogens with two attached hydrogens (primary N) is 1. The zero-order valence-corrected chi connectivity index (χ0v) is 11.9. The van der Waals surface area contributed by atoms with Crippen LogP contribution in [0, 0.1) is 6.92 Å². The average Bonchev–Trinajstić information content (AvgIpc) is 2.33. The van der Waals surface area contributed by atoms with Crippen LogP contribution in [0.5, 0.6) is 0 Å². The van der Waals surface area contributed by atoms with Crippen LogP contribution in [0.15, 0.2) is 12.1 Å². The van der Waals surface area contributed by atoms with Crippen molar-refractivity contribution in [2.45, 2.75) is 26.3 Å². The molecule has 1 atom stereocenters. The highest BCUT2D eigenvalue weighted by Crippen LogP contribution is 2.25. The second-order valence-electron chi connectivity index (χ2n) is 4.29. The van der Waals surface area contributed by atoms with Crippen molar-refractivity contribution in [2.24, 2.45) is 0 Å². The first-order valence-corrected chi connectivity index (χ1v) is 6.12. The molecule has 5 nitrogen and oxygen atoms in total. The molecule has 1 rings (SSSR count). The minimum absolute atomic E-state index is 0.298. The zero-order chi connectivity index (χ0) is 14.6. The Hall–Kier alpha value is -1.75. The lowest BCUT2D eigenvalue weighted by Crippen LogP contribution is -2.42. The number of nitrogen functional groups attached to an aromatic ring is 1. The van der Waals surface area contributed by atoms with Crippen LogP contribution >= 0.6 is 11.6 Å². The summed E-state index contributed by atoms with van der Waals surface area (Å²) in [4.78, 5) is 22.7. The molecule has 0 bridgehead atoms. The maximum atomic E-state index is 11.6. The molecule has 0 spiro atoms. The summed E-state index contributed by atoms with van der Waals surface area (Å²) in [5.74, 6) is -0.797. The second-order valence-corrected chi connectivity index (χ2v) is 4.70. The summed E-state index contributed by atoms with van der Waals surface area (Å²) in [7, 11) is 1.28. The molecule has 1 aromatic rings. The Morgan fingerprint density at radius 3 is 2.58 bits per heavy atom. The van der Waals surface area contributed by atoms with Gasteiger partial charge in [-0.3, -0.25) is 4.79 Å². The lowest BCUT2D eigenvalue weighted by atomic mass is 10.0. The molecule has 0 radical (unpaired) electrons. The number of hydrogen-bond acceptors (Lipinski definition) is 4. The molecule has 0 aliphatic carbocycles. The Labute approximate surface area is 117 Å². The number of esters is 1. The van der Waals surface area contributed by atoms with Crippen LogP contribution in [-0.4, -0.2) is 25.0 Å². The first-order valence-electron chi connectivity index (χ1n) is 5.74. The Balaban J connectivity index is 2.96. The van der Waals surface area contributed by atoms with Crippen LogP contribution in [0.25, 0.3) is 0 Å².